The molecule has 1 heterocycles. The summed E-state index contributed by atoms with van der Waals surface area (Å²) in [4.78, 5) is 2.38. The Labute approximate surface area is 137 Å². The van der Waals surface area contributed by atoms with Gasteiger partial charge in [-0.25, -0.2) is 4.39 Å². The van der Waals surface area contributed by atoms with Crippen molar-refractivity contribution in [2.24, 2.45) is 0 Å². The summed E-state index contributed by atoms with van der Waals surface area (Å²) in [5, 5.41) is 3.53. The van der Waals surface area contributed by atoms with E-state index >= 15 is 0 Å². The molecule has 0 bridgehead atoms. The lowest BCUT2D eigenvalue weighted by Crippen LogP contribution is -2.37. The molecule has 0 spiro atoms. The molecule has 1 aliphatic rings. The number of benzene rings is 2. The molecule has 4 heteroatoms. The van der Waals surface area contributed by atoms with Gasteiger partial charge in [0.15, 0.2) is 0 Å². The van der Waals surface area contributed by atoms with Gasteiger partial charge in [0.25, 0.3) is 0 Å². The molecular weight excluding hydrogens is 291 g/mol. The third kappa shape index (κ3) is 4.09. The van der Waals surface area contributed by atoms with Gasteiger partial charge < -0.3 is 15.0 Å². The summed E-state index contributed by atoms with van der Waals surface area (Å²) in [5.74, 6) is -0.196. The van der Waals surface area contributed by atoms with Crippen LogP contribution in [0.2, 0.25) is 0 Å². The first-order chi connectivity index (χ1) is 11.2. The van der Waals surface area contributed by atoms with E-state index in [9.17, 15) is 4.39 Å². The molecular formula is C19H23FN2O. The fourth-order valence-electron chi connectivity index (χ4n) is 2.91. The molecule has 0 unspecified atom stereocenters. The van der Waals surface area contributed by atoms with Crippen molar-refractivity contribution in [3.8, 4) is 0 Å². The van der Waals surface area contributed by atoms with Crippen LogP contribution in [0.15, 0.2) is 48.5 Å². The Morgan fingerprint density at radius 3 is 2.52 bits per heavy atom. The Bertz CT molecular complexity index is 624. The van der Waals surface area contributed by atoms with Gasteiger partial charge in [-0.15, -0.1) is 0 Å². The van der Waals surface area contributed by atoms with E-state index in [1.165, 1.54) is 23.4 Å². The van der Waals surface area contributed by atoms with Crippen LogP contribution in [-0.4, -0.2) is 26.3 Å². The number of nitrogens with one attached hydrogen (secondary N) is 1. The minimum Gasteiger partial charge on any atom is -0.378 e. The van der Waals surface area contributed by atoms with E-state index in [2.05, 4.69) is 41.4 Å². The Kier molecular flexibility index (Phi) is 5.26. The first-order valence-corrected chi connectivity index (χ1v) is 8.13. The Morgan fingerprint density at radius 2 is 1.78 bits per heavy atom. The Balaban J connectivity index is 1.66. The van der Waals surface area contributed by atoms with E-state index < -0.39 is 0 Å². The molecule has 0 radical (unpaired) electrons. The van der Waals surface area contributed by atoms with Gasteiger partial charge in [0.1, 0.15) is 5.82 Å². The Morgan fingerprint density at radius 1 is 1.09 bits per heavy atom. The molecule has 1 fully saturated rings. The van der Waals surface area contributed by atoms with Crippen LogP contribution < -0.4 is 10.2 Å². The van der Waals surface area contributed by atoms with Crippen molar-refractivity contribution >= 4 is 5.69 Å². The van der Waals surface area contributed by atoms with Crippen LogP contribution in [0.25, 0.3) is 0 Å². The molecule has 1 aliphatic heterocycles. The van der Waals surface area contributed by atoms with Crippen LogP contribution in [0.3, 0.4) is 0 Å². The minimum absolute atomic E-state index is 0.174. The number of hydrogen-bond donors (Lipinski definition) is 1. The van der Waals surface area contributed by atoms with Gasteiger partial charge in [-0.1, -0.05) is 30.3 Å². The van der Waals surface area contributed by atoms with Gasteiger partial charge in [0, 0.05) is 31.4 Å². The van der Waals surface area contributed by atoms with Crippen molar-refractivity contribution in [3.63, 3.8) is 0 Å². The van der Waals surface area contributed by atoms with E-state index in [4.69, 9.17) is 4.74 Å². The Hall–Kier alpha value is -1.91. The number of ether oxygens (including phenoxy) is 1. The van der Waals surface area contributed by atoms with Gasteiger partial charge in [-0.2, -0.15) is 0 Å². The summed E-state index contributed by atoms with van der Waals surface area (Å²) in [6, 6.07) is 15.3. The number of morpholine rings is 1. The molecule has 0 aromatic heterocycles. The number of halogens is 1. The smallest absolute Gasteiger partial charge is 0.123 e. The van der Waals surface area contributed by atoms with Crippen molar-refractivity contribution in [3.05, 3.63) is 65.5 Å². The van der Waals surface area contributed by atoms with E-state index in [1.54, 1.807) is 0 Å². The van der Waals surface area contributed by atoms with Gasteiger partial charge in [0.05, 0.1) is 13.2 Å². The van der Waals surface area contributed by atoms with Crippen LogP contribution in [0, 0.1) is 5.82 Å². The maximum Gasteiger partial charge on any atom is 0.123 e. The van der Waals surface area contributed by atoms with Gasteiger partial charge in [0.2, 0.25) is 0 Å². The van der Waals surface area contributed by atoms with E-state index in [1.807, 2.05) is 12.1 Å². The molecule has 0 aliphatic carbocycles. The molecule has 23 heavy (non-hydrogen) atoms. The molecule has 1 saturated heterocycles. The van der Waals surface area contributed by atoms with Crippen LogP contribution in [0.5, 0.6) is 0 Å². The SMILES string of the molecule is C[C@@H](NCc1ccccc1N1CCOCC1)c1ccc(F)cc1. The van der Waals surface area contributed by atoms with E-state index in [-0.39, 0.29) is 11.9 Å². The second-order valence-electron chi connectivity index (χ2n) is 5.88. The second-order valence-corrected chi connectivity index (χ2v) is 5.88. The van der Waals surface area contributed by atoms with Gasteiger partial charge in [-0.3, -0.25) is 0 Å². The van der Waals surface area contributed by atoms with Crippen molar-refractivity contribution in [1.82, 2.24) is 5.32 Å². The van der Waals surface area contributed by atoms with Crippen molar-refractivity contribution in [2.75, 3.05) is 31.2 Å². The third-order valence-corrected chi connectivity index (χ3v) is 4.31. The van der Waals surface area contributed by atoms with Gasteiger partial charge >= 0.3 is 0 Å². The highest BCUT2D eigenvalue weighted by atomic mass is 19.1. The van der Waals surface area contributed by atoms with Crippen LogP contribution in [-0.2, 0) is 11.3 Å². The van der Waals surface area contributed by atoms with Crippen LogP contribution in [0.4, 0.5) is 10.1 Å². The lowest BCUT2D eigenvalue weighted by Gasteiger charge is -2.31. The monoisotopic (exact) mass is 314 g/mol. The highest BCUT2D eigenvalue weighted by molar-refractivity contribution is 5.54. The molecule has 0 saturated carbocycles. The third-order valence-electron chi connectivity index (χ3n) is 4.31. The second kappa shape index (κ2) is 7.57. The van der Waals surface area contributed by atoms with Crippen molar-refractivity contribution < 1.29 is 9.13 Å². The predicted octanol–water partition coefficient (Wildman–Crippen LogP) is 3.51. The number of rotatable bonds is 5. The summed E-state index contributed by atoms with van der Waals surface area (Å²) in [7, 11) is 0. The summed E-state index contributed by atoms with van der Waals surface area (Å²) in [5.41, 5.74) is 3.65. The first-order valence-electron chi connectivity index (χ1n) is 8.13. The van der Waals surface area contributed by atoms with E-state index in [0.717, 1.165) is 38.4 Å². The number of hydrogen-bond acceptors (Lipinski definition) is 3. The lowest BCUT2D eigenvalue weighted by molar-refractivity contribution is 0.122. The summed E-state index contributed by atoms with van der Waals surface area (Å²) in [6.07, 6.45) is 0. The van der Waals surface area contributed by atoms with Crippen molar-refractivity contribution in [1.29, 1.82) is 0 Å². The van der Waals surface area contributed by atoms with Gasteiger partial charge in [-0.05, 0) is 36.2 Å². The maximum absolute atomic E-state index is 13.0. The highest BCUT2D eigenvalue weighted by Crippen LogP contribution is 2.22. The van der Waals surface area contributed by atoms with Crippen molar-refractivity contribution in [2.45, 2.75) is 19.5 Å². The zero-order valence-electron chi connectivity index (χ0n) is 13.5. The quantitative estimate of drug-likeness (QED) is 0.914. The maximum atomic E-state index is 13.0. The molecule has 3 rings (SSSR count). The molecule has 122 valence electrons. The topological polar surface area (TPSA) is 24.5 Å². The predicted molar refractivity (Wildman–Crippen MR) is 91.1 cm³/mol. The van der Waals surface area contributed by atoms with Crippen LogP contribution >= 0.6 is 0 Å². The minimum atomic E-state index is -0.196. The fourth-order valence-corrected chi connectivity index (χ4v) is 2.91. The number of anilines is 1. The highest BCUT2D eigenvalue weighted by Gasteiger charge is 2.14. The van der Waals surface area contributed by atoms with Crippen LogP contribution in [0.1, 0.15) is 24.1 Å². The standard InChI is InChI=1S/C19H23FN2O/c1-15(16-6-8-18(20)9-7-16)21-14-17-4-2-3-5-19(17)22-10-12-23-13-11-22/h2-9,15,21H,10-14H2,1H3/t15-/m1/s1. The molecule has 1 atom stereocenters. The van der Waals surface area contributed by atoms with E-state index in [0.29, 0.717) is 0 Å². The molecule has 0 amide bonds. The molecule has 3 nitrogen and oxygen atoms in total. The lowest BCUT2D eigenvalue weighted by atomic mass is 10.1. The summed E-state index contributed by atoms with van der Waals surface area (Å²) < 4.78 is 18.5. The molecule has 1 N–H and O–H groups in total. The summed E-state index contributed by atoms with van der Waals surface area (Å²) >= 11 is 0. The normalized spacial score (nSPS) is 16.3. The molecule has 2 aromatic rings. The fraction of sp³-hybridized carbons (Fsp3) is 0.368. The zero-order valence-corrected chi connectivity index (χ0v) is 13.5. The average Bonchev–Trinajstić information content (AvgIpc) is 2.61. The molecule has 2 aromatic carbocycles. The number of para-hydroxylation sites is 1. The summed E-state index contributed by atoms with van der Waals surface area (Å²) in [6.45, 7) is 6.33. The zero-order chi connectivity index (χ0) is 16.1. The largest absolute Gasteiger partial charge is 0.378 e. The number of nitrogens with zero attached hydrogens (tertiary/aromatic N) is 1. The first kappa shape index (κ1) is 16.0. The average molecular weight is 314 g/mol.